The fourth-order valence-electron chi connectivity index (χ4n) is 2.60. The number of nitrogens with zero attached hydrogens (tertiary/aromatic N) is 1. The Kier molecular flexibility index (Phi) is 4.77. The average molecular weight is 354 g/mol. The standard InChI is InChI=1S/C20H22N2O2S/c1-13-9-10-15-17(11-13)25-19(21-15)22-18(23)12-24-16-8-6-5-7-14(16)20(2,3)4/h5-11H,12H2,1-4H3,(H,21,22,23). The van der Waals surface area contributed by atoms with Crippen LogP contribution in [0.15, 0.2) is 42.5 Å². The van der Waals surface area contributed by atoms with Gasteiger partial charge in [-0.15, -0.1) is 0 Å². The van der Waals surface area contributed by atoms with Crippen molar-refractivity contribution in [3.05, 3.63) is 53.6 Å². The zero-order chi connectivity index (χ0) is 18.0. The number of carbonyl (C=O) groups excluding carboxylic acids is 1. The molecule has 0 radical (unpaired) electrons. The SMILES string of the molecule is Cc1ccc2nc(NC(=O)COc3ccccc3C(C)(C)C)sc2c1. The molecule has 0 aliphatic heterocycles. The number of thiazole rings is 1. The smallest absolute Gasteiger partial charge is 0.264 e. The zero-order valence-electron chi connectivity index (χ0n) is 14.9. The van der Waals surface area contributed by atoms with Gasteiger partial charge in [-0.1, -0.05) is 56.4 Å². The molecule has 3 aromatic rings. The molecule has 0 saturated carbocycles. The lowest BCUT2D eigenvalue weighted by molar-refractivity contribution is -0.118. The van der Waals surface area contributed by atoms with Crippen LogP contribution in [-0.2, 0) is 10.2 Å². The van der Waals surface area contributed by atoms with E-state index in [2.05, 4.69) is 37.1 Å². The van der Waals surface area contributed by atoms with Gasteiger partial charge >= 0.3 is 0 Å². The number of ether oxygens (including phenoxy) is 1. The predicted molar refractivity (Wildman–Crippen MR) is 104 cm³/mol. The van der Waals surface area contributed by atoms with E-state index in [9.17, 15) is 4.79 Å². The molecule has 0 spiro atoms. The second kappa shape index (κ2) is 6.84. The minimum Gasteiger partial charge on any atom is -0.483 e. The van der Waals surface area contributed by atoms with Crippen molar-refractivity contribution in [1.82, 2.24) is 4.98 Å². The lowest BCUT2D eigenvalue weighted by Gasteiger charge is -2.22. The van der Waals surface area contributed by atoms with Gasteiger partial charge < -0.3 is 4.74 Å². The Labute approximate surface area is 151 Å². The number of benzene rings is 2. The highest BCUT2D eigenvalue weighted by molar-refractivity contribution is 7.22. The summed E-state index contributed by atoms with van der Waals surface area (Å²) in [7, 11) is 0. The van der Waals surface area contributed by atoms with E-state index in [0.29, 0.717) is 5.13 Å². The Morgan fingerprint density at radius 3 is 2.72 bits per heavy atom. The summed E-state index contributed by atoms with van der Waals surface area (Å²) in [5.74, 6) is 0.532. The van der Waals surface area contributed by atoms with Gasteiger partial charge in [0.1, 0.15) is 5.75 Å². The van der Waals surface area contributed by atoms with Crippen LogP contribution in [0.1, 0.15) is 31.9 Å². The van der Waals surface area contributed by atoms with Crippen molar-refractivity contribution >= 4 is 32.6 Å². The Balaban J connectivity index is 1.67. The van der Waals surface area contributed by atoms with Gasteiger partial charge in [-0.05, 0) is 41.7 Å². The molecule has 3 rings (SSSR count). The van der Waals surface area contributed by atoms with Gasteiger partial charge in [0.25, 0.3) is 5.91 Å². The lowest BCUT2D eigenvalue weighted by atomic mass is 9.86. The van der Waals surface area contributed by atoms with Crippen LogP contribution < -0.4 is 10.1 Å². The minimum absolute atomic E-state index is 0.0396. The molecule has 0 unspecified atom stereocenters. The van der Waals surface area contributed by atoms with E-state index in [1.165, 1.54) is 16.9 Å². The van der Waals surface area contributed by atoms with E-state index >= 15 is 0 Å². The van der Waals surface area contributed by atoms with Gasteiger partial charge in [-0.25, -0.2) is 4.98 Å². The molecule has 1 heterocycles. The summed E-state index contributed by atoms with van der Waals surface area (Å²) in [6, 6.07) is 13.9. The maximum absolute atomic E-state index is 12.2. The number of nitrogens with one attached hydrogen (secondary N) is 1. The van der Waals surface area contributed by atoms with Crippen molar-refractivity contribution in [2.45, 2.75) is 33.1 Å². The van der Waals surface area contributed by atoms with Crippen molar-refractivity contribution in [3.8, 4) is 5.75 Å². The normalized spacial score (nSPS) is 11.5. The van der Waals surface area contributed by atoms with Crippen molar-refractivity contribution in [3.63, 3.8) is 0 Å². The average Bonchev–Trinajstić information content (AvgIpc) is 2.93. The van der Waals surface area contributed by atoms with E-state index in [-0.39, 0.29) is 17.9 Å². The molecule has 0 saturated heterocycles. The van der Waals surface area contributed by atoms with Crippen LogP contribution in [0.4, 0.5) is 5.13 Å². The largest absolute Gasteiger partial charge is 0.483 e. The van der Waals surface area contributed by atoms with Gasteiger partial charge in [0, 0.05) is 0 Å². The van der Waals surface area contributed by atoms with E-state index in [1.54, 1.807) is 0 Å². The number of anilines is 1. The number of carbonyl (C=O) groups is 1. The number of para-hydroxylation sites is 1. The molecule has 25 heavy (non-hydrogen) atoms. The number of aromatic nitrogens is 1. The molecule has 1 aromatic heterocycles. The number of rotatable bonds is 4. The Bertz CT molecular complexity index is 909. The molecule has 0 aliphatic rings. The van der Waals surface area contributed by atoms with Crippen LogP contribution in [0, 0.1) is 6.92 Å². The van der Waals surface area contributed by atoms with Crippen LogP contribution in [0.2, 0.25) is 0 Å². The minimum atomic E-state index is -0.209. The van der Waals surface area contributed by atoms with E-state index < -0.39 is 0 Å². The summed E-state index contributed by atoms with van der Waals surface area (Å²) >= 11 is 1.47. The molecule has 1 amide bonds. The molecule has 5 heteroatoms. The van der Waals surface area contributed by atoms with Gasteiger partial charge in [0.15, 0.2) is 11.7 Å². The van der Waals surface area contributed by atoms with E-state index in [1.807, 2.05) is 43.3 Å². The molecular weight excluding hydrogens is 332 g/mol. The fourth-order valence-corrected chi connectivity index (χ4v) is 3.58. The molecule has 2 aromatic carbocycles. The summed E-state index contributed by atoms with van der Waals surface area (Å²) < 4.78 is 6.82. The highest BCUT2D eigenvalue weighted by Gasteiger charge is 2.19. The first-order chi connectivity index (χ1) is 11.8. The van der Waals surface area contributed by atoms with Gasteiger partial charge in [0.05, 0.1) is 10.2 Å². The maximum Gasteiger partial charge on any atom is 0.264 e. The summed E-state index contributed by atoms with van der Waals surface area (Å²) in [5.41, 5.74) is 3.11. The van der Waals surface area contributed by atoms with Crippen LogP contribution in [0.5, 0.6) is 5.75 Å². The maximum atomic E-state index is 12.2. The summed E-state index contributed by atoms with van der Waals surface area (Å²) in [6.07, 6.45) is 0. The molecular formula is C20H22N2O2S. The number of hydrogen-bond donors (Lipinski definition) is 1. The Morgan fingerprint density at radius 1 is 1.20 bits per heavy atom. The second-order valence-corrected chi connectivity index (χ2v) is 8.10. The quantitative estimate of drug-likeness (QED) is 0.723. The van der Waals surface area contributed by atoms with E-state index in [4.69, 9.17) is 4.74 Å². The number of hydrogen-bond acceptors (Lipinski definition) is 4. The predicted octanol–water partition coefficient (Wildman–Crippen LogP) is 4.92. The van der Waals surface area contributed by atoms with Crippen molar-refractivity contribution < 1.29 is 9.53 Å². The highest BCUT2D eigenvalue weighted by Crippen LogP contribution is 2.31. The summed E-state index contributed by atoms with van der Waals surface area (Å²) in [4.78, 5) is 16.7. The van der Waals surface area contributed by atoms with Crippen LogP contribution in [-0.4, -0.2) is 17.5 Å². The van der Waals surface area contributed by atoms with Crippen LogP contribution in [0.3, 0.4) is 0 Å². The molecule has 0 aliphatic carbocycles. The monoisotopic (exact) mass is 354 g/mol. The van der Waals surface area contributed by atoms with Crippen LogP contribution in [0.25, 0.3) is 10.2 Å². The summed E-state index contributed by atoms with van der Waals surface area (Å²) in [5, 5.41) is 3.42. The number of fused-ring (bicyclic) bond motifs is 1. The molecule has 1 N–H and O–H groups in total. The van der Waals surface area contributed by atoms with Crippen molar-refractivity contribution in [2.24, 2.45) is 0 Å². The number of aryl methyl sites for hydroxylation is 1. The third-order valence-electron chi connectivity index (χ3n) is 3.84. The van der Waals surface area contributed by atoms with Crippen molar-refractivity contribution in [2.75, 3.05) is 11.9 Å². The van der Waals surface area contributed by atoms with E-state index in [0.717, 1.165) is 21.5 Å². The fraction of sp³-hybridized carbons (Fsp3) is 0.300. The number of amides is 1. The zero-order valence-corrected chi connectivity index (χ0v) is 15.7. The molecule has 0 atom stereocenters. The highest BCUT2D eigenvalue weighted by atomic mass is 32.1. The Morgan fingerprint density at radius 2 is 1.96 bits per heavy atom. The van der Waals surface area contributed by atoms with Crippen LogP contribution >= 0.6 is 11.3 Å². The van der Waals surface area contributed by atoms with Gasteiger partial charge in [-0.2, -0.15) is 0 Å². The molecule has 0 bridgehead atoms. The topological polar surface area (TPSA) is 51.2 Å². The first-order valence-corrected chi connectivity index (χ1v) is 9.04. The molecule has 4 nitrogen and oxygen atoms in total. The third kappa shape index (κ3) is 4.17. The summed E-state index contributed by atoms with van der Waals surface area (Å²) in [6.45, 7) is 8.37. The first kappa shape index (κ1) is 17.4. The first-order valence-electron chi connectivity index (χ1n) is 8.22. The Hall–Kier alpha value is -2.40. The van der Waals surface area contributed by atoms with Gasteiger partial charge in [-0.3, -0.25) is 10.1 Å². The third-order valence-corrected chi connectivity index (χ3v) is 4.78. The molecule has 130 valence electrons. The van der Waals surface area contributed by atoms with Gasteiger partial charge in [0.2, 0.25) is 0 Å². The van der Waals surface area contributed by atoms with Crippen molar-refractivity contribution in [1.29, 1.82) is 0 Å². The second-order valence-electron chi connectivity index (χ2n) is 7.07. The lowest BCUT2D eigenvalue weighted by Crippen LogP contribution is -2.21. The molecule has 0 fully saturated rings.